The molecule has 0 amide bonds. The molecule has 22 heavy (non-hydrogen) atoms. The third-order valence-electron chi connectivity index (χ3n) is 3.34. The van der Waals surface area contributed by atoms with E-state index >= 15 is 0 Å². The van der Waals surface area contributed by atoms with E-state index in [2.05, 4.69) is 49.7 Å². The summed E-state index contributed by atoms with van der Waals surface area (Å²) in [6.45, 7) is 7.87. The first-order valence-corrected chi connectivity index (χ1v) is 9.11. The van der Waals surface area contributed by atoms with Crippen LogP contribution in [0.3, 0.4) is 0 Å². The van der Waals surface area contributed by atoms with E-state index < -0.39 is 7.95 Å². The minimum Gasteiger partial charge on any atom is -0.0880 e. The summed E-state index contributed by atoms with van der Waals surface area (Å²) in [4.78, 5) is 0. The summed E-state index contributed by atoms with van der Waals surface area (Å²) in [7, 11) is -1.40. The predicted molar refractivity (Wildman–Crippen MR) is 94.1 cm³/mol. The van der Waals surface area contributed by atoms with Gasteiger partial charge in [0.2, 0.25) is 0 Å². The van der Waals surface area contributed by atoms with E-state index in [1.165, 1.54) is 11.1 Å². The van der Waals surface area contributed by atoms with Crippen LogP contribution >= 0.6 is 7.95 Å². The second kappa shape index (κ2) is 7.67. The Morgan fingerprint density at radius 3 is 1.59 bits per heavy atom. The van der Waals surface area contributed by atoms with Gasteiger partial charge in [-0.25, -0.2) is 0 Å². The first-order valence-electron chi connectivity index (χ1n) is 7.71. The lowest BCUT2D eigenvalue weighted by atomic mass is 10.0. The van der Waals surface area contributed by atoms with Gasteiger partial charge in [-0.3, -0.25) is 0 Å². The lowest BCUT2D eigenvalue weighted by Gasteiger charge is -2.16. The van der Waals surface area contributed by atoms with Crippen LogP contribution in [0.25, 0.3) is 0 Å². The lowest BCUT2D eigenvalue weighted by molar-refractivity contribution is 0.391. The van der Waals surface area contributed by atoms with Crippen LogP contribution in [0.2, 0.25) is 0 Å². The van der Waals surface area contributed by atoms with E-state index in [-0.39, 0.29) is 5.41 Å². The molecule has 0 aliphatic heterocycles. The highest BCUT2D eigenvalue weighted by atomic mass is 31.1. The third-order valence-corrected chi connectivity index (χ3v) is 5.47. The zero-order valence-corrected chi connectivity index (χ0v) is 14.6. The third kappa shape index (κ3) is 5.71. The van der Waals surface area contributed by atoms with Crippen LogP contribution in [-0.4, -0.2) is 10.8 Å². The maximum atomic E-state index is 12.8. The molecule has 2 nitrogen and oxygen atoms in total. The SMILES string of the molecule is CC(C)(C)C[P+](=O)N(Cc1ccccc1)Cc1ccccc1. The summed E-state index contributed by atoms with van der Waals surface area (Å²) in [6, 6.07) is 20.5. The Bertz CT molecular complexity index is 548. The van der Waals surface area contributed by atoms with Gasteiger partial charge in [0.1, 0.15) is 0 Å². The Morgan fingerprint density at radius 1 is 0.818 bits per heavy atom. The van der Waals surface area contributed by atoms with E-state index in [9.17, 15) is 4.57 Å². The average molecular weight is 314 g/mol. The van der Waals surface area contributed by atoms with Crippen molar-refractivity contribution in [2.45, 2.75) is 33.9 Å². The molecule has 0 aliphatic rings. The summed E-state index contributed by atoms with van der Waals surface area (Å²) in [6.07, 6.45) is 0.710. The van der Waals surface area contributed by atoms with Crippen molar-refractivity contribution in [1.29, 1.82) is 0 Å². The quantitative estimate of drug-likeness (QED) is 0.658. The van der Waals surface area contributed by atoms with Crippen LogP contribution in [0.5, 0.6) is 0 Å². The van der Waals surface area contributed by atoms with Crippen LogP contribution in [-0.2, 0) is 17.7 Å². The van der Waals surface area contributed by atoms with Gasteiger partial charge in [-0.05, 0) is 11.1 Å². The van der Waals surface area contributed by atoms with E-state index in [1.54, 1.807) is 0 Å². The smallest absolute Gasteiger partial charge is 0.0880 e. The van der Waals surface area contributed by atoms with Crippen LogP contribution in [0.1, 0.15) is 31.9 Å². The van der Waals surface area contributed by atoms with Gasteiger partial charge in [0, 0.05) is 5.41 Å². The van der Waals surface area contributed by atoms with Crippen LogP contribution in [0.15, 0.2) is 60.7 Å². The maximum absolute atomic E-state index is 12.8. The molecule has 0 spiro atoms. The maximum Gasteiger partial charge on any atom is 0.435 e. The van der Waals surface area contributed by atoms with Crippen LogP contribution < -0.4 is 0 Å². The van der Waals surface area contributed by atoms with E-state index in [0.29, 0.717) is 6.16 Å². The molecule has 1 atom stereocenters. The summed E-state index contributed by atoms with van der Waals surface area (Å²) >= 11 is 0. The number of benzene rings is 2. The second-order valence-corrected chi connectivity index (χ2v) is 8.45. The van der Waals surface area contributed by atoms with Crippen molar-refractivity contribution >= 4 is 7.95 Å². The molecule has 0 aliphatic carbocycles. The highest BCUT2D eigenvalue weighted by Crippen LogP contribution is 2.37. The molecule has 0 aromatic heterocycles. The van der Waals surface area contributed by atoms with Gasteiger partial charge >= 0.3 is 7.95 Å². The molecular formula is C19H25NOP+. The minimum atomic E-state index is -1.40. The van der Waals surface area contributed by atoms with Gasteiger partial charge in [0.15, 0.2) is 6.16 Å². The topological polar surface area (TPSA) is 20.3 Å². The molecule has 2 aromatic rings. The Hall–Kier alpha value is -1.50. The summed E-state index contributed by atoms with van der Waals surface area (Å²) in [5.74, 6) is 0. The average Bonchev–Trinajstić information content (AvgIpc) is 2.47. The summed E-state index contributed by atoms with van der Waals surface area (Å²) in [5.41, 5.74) is 2.48. The van der Waals surface area contributed by atoms with Gasteiger partial charge < -0.3 is 0 Å². The normalized spacial score (nSPS) is 12.5. The van der Waals surface area contributed by atoms with Crippen molar-refractivity contribution in [3.63, 3.8) is 0 Å². The number of hydrogen-bond acceptors (Lipinski definition) is 1. The Labute approximate surface area is 135 Å². The minimum absolute atomic E-state index is 0.0685. The molecule has 0 saturated carbocycles. The monoisotopic (exact) mass is 314 g/mol. The number of rotatable bonds is 6. The van der Waals surface area contributed by atoms with Gasteiger partial charge in [-0.15, -0.1) is 0 Å². The fraction of sp³-hybridized carbons (Fsp3) is 0.368. The molecule has 0 heterocycles. The molecular weight excluding hydrogens is 289 g/mol. The van der Waals surface area contributed by atoms with Gasteiger partial charge in [0.05, 0.1) is 13.1 Å². The molecule has 116 valence electrons. The molecule has 0 bridgehead atoms. The Balaban J connectivity index is 2.14. The summed E-state index contributed by atoms with van der Waals surface area (Å²) in [5, 5.41) is 0. The molecule has 0 fully saturated rings. The van der Waals surface area contributed by atoms with E-state index in [1.807, 2.05) is 36.4 Å². The zero-order valence-electron chi connectivity index (χ0n) is 13.7. The van der Waals surface area contributed by atoms with Crippen molar-refractivity contribution in [2.75, 3.05) is 6.16 Å². The lowest BCUT2D eigenvalue weighted by Crippen LogP contribution is -2.20. The second-order valence-electron chi connectivity index (χ2n) is 6.86. The molecule has 3 heteroatoms. The van der Waals surface area contributed by atoms with Crippen molar-refractivity contribution in [2.24, 2.45) is 5.41 Å². The highest BCUT2D eigenvalue weighted by Gasteiger charge is 2.33. The first-order chi connectivity index (χ1) is 10.4. The van der Waals surface area contributed by atoms with E-state index in [4.69, 9.17) is 0 Å². The van der Waals surface area contributed by atoms with E-state index in [0.717, 1.165) is 13.1 Å². The number of nitrogens with zero attached hydrogens (tertiary/aromatic N) is 1. The Kier molecular flexibility index (Phi) is 5.88. The molecule has 0 saturated heterocycles. The largest absolute Gasteiger partial charge is 0.435 e. The van der Waals surface area contributed by atoms with Crippen molar-refractivity contribution < 1.29 is 4.57 Å². The molecule has 1 unspecified atom stereocenters. The zero-order chi connectivity index (χ0) is 16.0. The standard InChI is InChI=1S/C19H25NOP/c1-19(2,3)16-22(21)20(14-17-10-6-4-7-11-17)15-18-12-8-5-9-13-18/h4-13H,14-16H2,1-3H3/q+1. The van der Waals surface area contributed by atoms with Gasteiger partial charge in [-0.1, -0.05) is 90.7 Å². The number of hydrogen-bond donors (Lipinski definition) is 0. The molecule has 2 rings (SSSR count). The van der Waals surface area contributed by atoms with Crippen LogP contribution in [0, 0.1) is 5.41 Å². The van der Waals surface area contributed by atoms with Gasteiger partial charge in [-0.2, -0.15) is 0 Å². The van der Waals surface area contributed by atoms with Crippen molar-refractivity contribution in [3.05, 3.63) is 71.8 Å². The fourth-order valence-electron chi connectivity index (χ4n) is 2.31. The van der Waals surface area contributed by atoms with Gasteiger partial charge in [0.25, 0.3) is 0 Å². The Morgan fingerprint density at radius 2 is 1.23 bits per heavy atom. The summed E-state index contributed by atoms with van der Waals surface area (Å²) < 4.78 is 14.9. The van der Waals surface area contributed by atoms with Crippen molar-refractivity contribution in [3.8, 4) is 0 Å². The molecule has 2 aromatic carbocycles. The molecule has 0 radical (unpaired) electrons. The first kappa shape index (κ1) is 16.9. The highest BCUT2D eigenvalue weighted by molar-refractivity contribution is 7.42. The fourth-order valence-corrected chi connectivity index (χ4v) is 3.96. The molecule has 0 N–H and O–H groups in total. The van der Waals surface area contributed by atoms with Crippen LogP contribution in [0.4, 0.5) is 0 Å². The predicted octanol–water partition coefficient (Wildman–Crippen LogP) is 5.48. The van der Waals surface area contributed by atoms with Crippen molar-refractivity contribution in [1.82, 2.24) is 4.67 Å².